The molecule has 19 heteroatoms. The van der Waals surface area contributed by atoms with Crippen molar-refractivity contribution in [3.05, 3.63) is 102 Å². The van der Waals surface area contributed by atoms with E-state index in [4.69, 9.17) is 9.47 Å². The summed E-state index contributed by atoms with van der Waals surface area (Å²) in [7, 11) is -15.1. The molecule has 0 amide bonds. The quantitative estimate of drug-likeness (QED) is 0.0868. The maximum Gasteiger partial charge on any atom is 0.411 e. The Balaban J connectivity index is 1.79. The number of sulfone groups is 1. The molecule has 0 heterocycles. The average Bonchev–Trinajstić information content (AvgIpc) is 3.14. The van der Waals surface area contributed by atoms with E-state index in [-0.39, 0.29) is 11.3 Å². The van der Waals surface area contributed by atoms with Gasteiger partial charge in [-0.15, -0.1) is 0 Å². The minimum absolute atomic E-state index is 0.0534. The Kier molecular flexibility index (Phi) is 12.9. The highest BCUT2D eigenvalue weighted by atomic mass is 32.2. The van der Waals surface area contributed by atoms with Gasteiger partial charge < -0.3 is 9.47 Å². The Morgan fingerprint density at radius 3 is 1.36 bits per heavy atom. The molecule has 0 bridgehead atoms. The predicted octanol–water partition coefficient (Wildman–Crippen LogP) is 10.3. The molecule has 0 atom stereocenters. The van der Waals surface area contributed by atoms with Crippen molar-refractivity contribution in [2.24, 2.45) is 0 Å². The number of alkyl halides is 6. The second-order valence-corrected chi connectivity index (χ2v) is 18.9. The molecule has 4 aromatic rings. The van der Waals surface area contributed by atoms with Crippen LogP contribution in [0.2, 0.25) is 0 Å². The van der Waals surface area contributed by atoms with E-state index in [9.17, 15) is 60.7 Å². The molecular formula is C39H42F6O10S3. The molecule has 0 fully saturated rings. The van der Waals surface area contributed by atoms with Crippen molar-refractivity contribution in [3.63, 3.8) is 0 Å². The lowest BCUT2D eigenvalue weighted by Crippen LogP contribution is -2.54. The third-order valence-electron chi connectivity index (χ3n) is 10.8. The second-order valence-electron chi connectivity index (χ2n) is 14.1. The van der Waals surface area contributed by atoms with Crippen molar-refractivity contribution < 1.29 is 70.2 Å². The maximum absolute atomic E-state index is 14.8. The molecule has 4 aromatic carbocycles. The molecule has 0 aliphatic heterocycles. The van der Waals surface area contributed by atoms with Crippen LogP contribution in [-0.4, -0.2) is 52.3 Å². The van der Waals surface area contributed by atoms with Crippen LogP contribution < -0.4 is 9.47 Å². The van der Waals surface area contributed by atoms with Crippen LogP contribution in [0.15, 0.2) is 105 Å². The van der Waals surface area contributed by atoms with E-state index >= 15 is 0 Å². The van der Waals surface area contributed by atoms with Crippen molar-refractivity contribution in [1.82, 2.24) is 0 Å². The second kappa shape index (κ2) is 16.1. The van der Waals surface area contributed by atoms with E-state index in [1.807, 2.05) is 13.8 Å². The van der Waals surface area contributed by atoms with Gasteiger partial charge in [-0.2, -0.15) is 43.2 Å². The zero-order valence-corrected chi connectivity index (χ0v) is 34.5. The molecule has 0 aromatic heterocycles. The highest BCUT2D eigenvalue weighted by Gasteiger charge is 2.72. The highest BCUT2D eigenvalue weighted by Crippen LogP contribution is 2.56. The van der Waals surface area contributed by atoms with Crippen molar-refractivity contribution in [2.45, 2.75) is 116 Å². The fraction of sp³-hybridized carbons (Fsp3) is 0.385. The van der Waals surface area contributed by atoms with Crippen LogP contribution in [0, 0.1) is 0 Å². The molecule has 318 valence electrons. The van der Waals surface area contributed by atoms with Crippen LogP contribution in [0.4, 0.5) is 26.3 Å². The van der Waals surface area contributed by atoms with Gasteiger partial charge in [-0.3, -0.25) is 9.11 Å². The Morgan fingerprint density at radius 1 is 0.552 bits per heavy atom. The predicted molar refractivity (Wildman–Crippen MR) is 201 cm³/mol. The van der Waals surface area contributed by atoms with Crippen LogP contribution in [0.25, 0.3) is 0 Å². The van der Waals surface area contributed by atoms with Crippen molar-refractivity contribution in [1.29, 1.82) is 0 Å². The van der Waals surface area contributed by atoms with Crippen LogP contribution >= 0.6 is 0 Å². The first-order chi connectivity index (χ1) is 26.5. The van der Waals surface area contributed by atoms with Gasteiger partial charge in [-0.05, 0) is 109 Å². The first-order valence-corrected chi connectivity index (χ1v) is 22.1. The summed E-state index contributed by atoms with van der Waals surface area (Å²) in [5, 5.41) is 0. The van der Waals surface area contributed by atoms with E-state index in [0.29, 0.717) is 74.2 Å². The summed E-state index contributed by atoms with van der Waals surface area (Å²) >= 11 is 0. The maximum atomic E-state index is 14.8. The minimum Gasteiger partial charge on any atom is -0.488 e. The van der Waals surface area contributed by atoms with Crippen LogP contribution in [0.3, 0.4) is 0 Å². The Hall–Kier alpha value is -4.17. The lowest BCUT2D eigenvalue weighted by atomic mass is 9.73. The van der Waals surface area contributed by atoms with Gasteiger partial charge >= 0.3 is 12.4 Å². The highest BCUT2D eigenvalue weighted by molar-refractivity contribution is 7.91. The molecule has 58 heavy (non-hydrogen) atoms. The number of rotatable bonds is 15. The summed E-state index contributed by atoms with van der Waals surface area (Å²) in [6.07, 6.45) is -10.0. The van der Waals surface area contributed by atoms with Gasteiger partial charge in [0.2, 0.25) is 15.3 Å². The molecule has 0 aliphatic rings. The molecule has 2 N–H and O–H groups in total. The van der Waals surface area contributed by atoms with Crippen LogP contribution in [0.1, 0.15) is 83.9 Å². The summed E-state index contributed by atoms with van der Waals surface area (Å²) in [6, 6.07) is 10.7. The molecule has 0 radical (unpaired) electrons. The van der Waals surface area contributed by atoms with E-state index in [0.717, 1.165) is 30.3 Å². The van der Waals surface area contributed by atoms with Gasteiger partial charge in [-0.1, -0.05) is 65.0 Å². The van der Waals surface area contributed by atoms with E-state index in [2.05, 4.69) is 0 Å². The number of ether oxygens (including phenoxy) is 2. The smallest absolute Gasteiger partial charge is 0.411 e. The summed E-state index contributed by atoms with van der Waals surface area (Å²) in [5.74, 6) is -1.23. The number of halogens is 6. The number of hydrogen-bond acceptors (Lipinski definition) is 8. The Morgan fingerprint density at radius 2 is 0.966 bits per heavy atom. The molecule has 10 nitrogen and oxygen atoms in total. The third-order valence-corrected chi connectivity index (χ3v) is 14.3. The molecule has 0 unspecified atom stereocenters. The van der Waals surface area contributed by atoms with Gasteiger partial charge in [0.15, 0.2) is 0 Å². The lowest BCUT2D eigenvalue weighted by molar-refractivity contribution is -0.288. The largest absolute Gasteiger partial charge is 0.488 e. The Bertz CT molecular complexity index is 2440. The van der Waals surface area contributed by atoms with Gasteiger partial charge in [0.05, 0.1) is 14.7 Å². The fourth-order valence-electron chi connectivity index (χ4n) is 6.42. The van der Waals surface area contributed by atoms with Gasteiger partial charge in [0.25, 0.3) is 20.2 Å². The standard InChI is InChI=1S/C39H42F6O10S3/c1-7-35(5,8-2)31-21-19-29(23-33(31)57(48,49)50)56(46,47)30-20-22-32(34(24-30)58(51,52)53)54-27-15-11-25(12-16-27)37(38(40,41)42,39(43,44)45)26-13-17-28(18-14-26)55-36(6,9-3)10-4/h11-24H,7-10H2,1-6H3,(H,48,49,50)(H,51,52,53). The topological polar surface area (TPSA) is 161 Å². The van der Waals surface area contributed by atoms with Gasteiger partial charge in [0.1, 0.15) is 27.7 Å². The third kappa shape index (κ3) is 8.88. The van der Waals surface area contributed by atoms with Gasteiger partial charge in [0, 0.05) is 0 Å². The van der Waals surface area contributed by atoms with E-state index < -0.39 is 101 Å². The average molecular weight is 881 g/mol. The van der Waals surface area contributed by atoms with E-state index in [1.54, 1.807) is 27.7 Å². The molecule has 0 aliphatic carbocycles. The first kappa shape index (κ1) is 46.5. The SMILES string of the molecule is CCC(C)(CC)Oc1ccc(C(c2ccc(Oc3ccc(S(=O)(=O)c4ccc(C(C)(CC)CC)c(S(=O)(=O)O)c4)cc3S(=O)(=O)O)cc2)(C(F)(F)F)C(F)(F)F)cc1. The molecule has 0 spiro atoms. The zero-order chi connectivity index (χ0) is 43.9. The van der Waals surface area contributed by atoms with E-state index in [1.165, 1.54) is 6.07 Å². The van der Waals surface area contributed by atoms with Gasteiger partial charge in [-0.25, -0.2) is 8.42 Å². The summed E-state index contributed by atoms with van der Waals surface area (Å²) in [5.41, 5.74) is -8.38. The zero-order valence-electron chi connectivity index (χ0n) is 32.1. The normalized spacial score (nSPS) is 13.7. The number of benzene rings is 4. The molecule has 0 saturated heterocycles. The lowest BCUT2D eigenvalue weighted by Gasteiger charge is -2.38. The summed E-state index contributed by atoms with van der Waals surface area (Å²) in [6.45, 7) is 10.6. The monoisotopic (exact) mass is 880 g/mol. The van der Waals surface area contributed by atoms with Crippen molar-refractivity contribution in [3.8, 4) is 17.2 Å². The molecule has 0 saturated carbocycles. The van der Waals surface area contributed by atoms with Crippen molar-refractivity contribution >= 4 is 30.1 Å². The first-order valence-electron chi connectivity index (χ1n) is 17.7. The van der Waals surface area contributed by atoms with Crippen LogP contribution in [0.5, 0.6) is 17.2 Å². The Labute approximate surface area is 333 Å². The fourth-order valence-corrected chi connectivity index (χ4v) is 9.39. The van der Waals surface area contributed by atoms with Crippen molar-refractivity contribution in [2.75, 3.05) is 0 Å². The molecule has 4 rings (SSSR count). The summed E-state index contributed by atoms with van der Waals surface area (Å²) in [4.78, 5) is -3.34. The minimum atomic E-state index is -5.94. The number of hydrogen-bond donors (Lipinski definition) is 2. The molecular weight excluding hydrogens is 839 g/mol. The van der Waals surface area contributed by atoms with Crippen LogP contribution in [-0.2, 0) is 40.9 Å². The summed E-state index contributed by atoms with van der Waals surface area (Å²) < 4.78 is 197.